The summed E-state index contributed by atoms with van der Waals surface area (Å²) in [6, 6.07) is 5.88. The van der Waals surface area contributed by atoms with Gasteiger partial charge in [-0.2, -0.15) is 0 Å². The number of aliphatic hydroxyl groups is 1. The summed E-state index contributed by atoms with van der Waals surface area (Å²) in [6.45, 7) is 4.73. The Kier molecular flexibility index (Phi) is 6.50. The second kappa shape index (κ2) is 8.67. The van der Waals surface area contributed by atoms with Gasteiger partial charge in [0.1, 0.15) is 5.82 Å². The van der Waals surface area contributed by atoms with Crippen molar-refractivity contribution < 1.29 is 28.5 Å². The van der Waals surface area contributed by atoms with Crippen LogP contribution in [0.1, 0.15) is 57.6 Å². The monoisotopic (exact) mass is 380 g/mol. The topological polar surface area (TPSA) is 65.0 Å². The summed E-state index contributed by atoms with van der Waals surface area (Å²) < 4.78 is 30.4. The van der Waals surface area contributed by atoms with E-state index < -0.39 is 11.9 Å². The Balaban J connectivity index is 1.82. The molecule has 2 fully saturated rings. The zero-order valence-corrected chi connectivity index (χ0v) is 16.0. The first-order chi connectivity index (χ1) is 12.9. The van der Waals surface area contributed by atoms with Crippen molar-refractivity contribution in [1.82, 2.24) is 0 Å². The third kappa shape index (κ3) is 5.06. The molecular formula is C21H29FO5. The lowest BCUT2D eigenvalue weighted by atomic mass is 9.78. The number of carbonyl (C=O) groups excluding carboxylic acids is 1. The van der Waals surface area contributed by atoms with Gasteiger partial charge in [-0.05, 0) is 56.2 Å². The van der Waals surface area contributed by atoms with Crippen molar-refractivity contribution in [2.24, 2.45) is 11.8 Å². The molecule has 2 aliphatic rings. The summed E-state index contributed by atoms with van der Waals surface area (Å²) in [5, 5.41) is 11.1. The van der Waals surface area contributed by atoms with Crippen LogP contribution in [0.3, 0.4) is 0 Å². The Morgan fingerprint density at radius 3 is 2.59 bits per heavy atom. The molecule has 1 aliphatic carbocycles. The van der Waals surface area contributed by atoms with Crippen LogP contribution < -0.4 is 0 Å². The number of ether oxygens (including phenoxy) is 3. The number of hydrogen-bond donors (Lipinski definition) is 1. The summed E-state index contributed by atoms with van der Waals surface area (Å²) >= 11 is 0. The third-order valence-corrected chi connectivity index (χ3v) is 5.51. The minimum Gasteiger partial charge on any atom is -0.463 e. The molecule has 3 atom stereocenters. The fourth-order valence-corrected chi connectivity index (χ4v) is 4.29. The molecule has 1 aliphatic heterocycles. The summed E-state index contributed by atoms with van der Waals surface area (Å²) in [5.74, 6) is -1.58. The highest BCUT2D eigenvalue weighted by Crippen LogP contribution is 2.46. The van der Waals surface area contributed by atoms with Crippen LogP contribution >= 0.6 is 0 Å². The fraction of sp³-hybridized carbons (Fsp3) is 0.667. The average Bonchev–Trinajstić information content (AvgIpc) is 2.99. The van der Waals surface area contributed by atoms with E-state index in [9.17, 15) is 14.3 Å². The highest BCUT2D eigenvalue weighted by Gasteiger charge is 2.45. The first kappa shape index (κ1) is 20.2. The first-order valence-corrected chi connectivity index (χ1v) is 9.79. The van der Waals surface area contributed by atoms with Crippen LogP contribution in [0.15, 0.2) is 24.3 Å². The molecule has 0 amide bonds. The molecule has 1 heterocycles. The average molecular weight is 380 g/mol. The number of carbonyl (C=O) groups is 1. The summed E-state index contributed by atoms with van der Waals surface area (Å²) in [4.78, 5) is 12.3. The molecule has 1 spiro atoms. The van der Waals surface area contributed by atoms with Crippen molar-refractivity contribution in [1.29, 1.82) is 0 Å². The van der Waals surface area contributed by atoms with E-state index in [2.05, 4.69) is 0 Å². The second-order valence-corrected chi connectivity index (χ2v) is 7.87. The fourth-order valence-electron chi connectivity index (χ4n) is 4.29. The predicted molar refractivity (Wildman–Crippen MR) is 97.3 cm³/mol. The Hall–Kier alpha value is -1.50. The largest absolute Gasteiger partial charge is 0.463 e. The minimum atomic E-state index is -0.828. The smallest absolute Gasteiger partial charge is 0.306 e. The third-order valence-electron chi connectivity index (χ3n) is 5.51. The van der Waals surface area contributed by atoms with Crippen LogP contribution in [0.4, 0.5) is 4.39 Å². The Morgan fingerprint density at radius 1 is 1.30 bits per heavy atom. The van der Waals surface area contributed by atoms with Gasteiger partial charge in [-0.25, -0.2) is 4.39 Å². The number of hydrogen-bond acceptors (Lipinski definition) is 5. The lowest BCUT2D eigenvalue weighted by Gasteiger charge is -2.34. The van der Waals surface area contributed by atoms with Crippen LogP contribution in [0.2, 0.25) is 0 Å². The zero-order valence-electron chi connectivity index (χ0n) is 16.0. The summed E-state index contributed by atoms with van der Waals surface area (Å²) in [5.41, 5.74) is 0.638. The maximum Gasteiger partial charge on any atom is 0.306 e. The van der Waals surface area contributed by atoms with E-state index in [0.29, 0.717) is 25.2 Å². The summed E-state index contributed by atoms with van der Waals surface area (Å²) in [7, 11) is 0. The van der Waals surface area contributed by atoms with Crippen LogP contribution in [0.25, 0.3) is 0 Å². The van der Waals surface area contributed by atoms with Gasteiger partial charge in [-0.1, -0.05) is 12.1 Å². The number of aliphatic hydroxyl groups excluding tert-OH is 1. The van der Waals surface area contributed by atoms with Crippen molar-refractivity contribution in [3.63, 3.8) is 0 Å². The molecule has 150 valence electrons. The van der Waals surface area contributed by atoms with E-state index in [1.807, 2.05) is 13.8 Å². The highest BCUT2D eigenvalue weighted by atomic mass is 19.1. The van der Waals surface area contributed by atoms with E-state index in [-0.39, 0.29) is 36.1 Å². The van der Waals surface area contributed by atoms with E-state index >= 15 is 0 Å². The maximum atomic E-state index is 13.3. The number of halogens is 1. The molecule has 5 nitrogen and oxygen atoms in total. The first-order valence-electron chi connectivity index (χ1n) is 9.79. The lowest BCUT2D eigenvalue weighted by molar-refractivity contribution is -0.180. The van der Waals surface area contributed by atoms with Gasteiger partial charge in [0.25, 0.3) is 0 Å². The van der Waals surface area contributed by atoms with Crippen LogP contribution in [0.5, 0.6) is 0 Å². The molecule has 3 unspecified atom stereocenters. The van der Waals surface area contributed by atoms with Gasteiger partial charge in [-0.15, -0.1) is 0 Å². The van der Waals surface area contributed by atoms with Gasteiger partial charge in [0.2, 0.25) is 0 Å². The Morgan fingerprint density at radius 2 is 1.96 bits per heavy atom. The molecule has 0 radical (unpaired) electrons. The highest BCUT2D eigenvalue weighted by molar-refractivity contribution is 5.69. The molecule has 3 rings (SSSR count). The zero-order chi connectivity index (χ0) is 19.4. The van der Waals surface area contributed by atoms with Crippen molar-refractivity contribution in [2.75, 3.05) is 13.2 Å². The Labute approximate surface area is 159 Å². The van der Waals surface area contributed by atoms with Gasteiger partial charge >= 0.3 is 5.97 Å². The molecule has 0 bridgehead atoms. The minimum absolute atomic E-state index is 0.0523. The molecule has 1 N–H and O–H groups in total. The molecule has 1 aromatic rings. The molecule has 27 heavy (non-hydrogen) atoms. The SMILES string of the molecule is CC(C)OC(=O)CC1CCCC2(CC1C(O)c1ccc(F)cc1)OCCO2. The van der Waals surface area contributed by atoms with Gasteiger partial charge in [-0.3, -0.25) is 4.79 Å². The van der Waals surface area contributed by atoms with E-state index in [1.165, 1.54) is 12.1 Å². The number of rotatable bonds is 5. The van der Waals surface area contributed by atoms with Gasteiger partial charge in [0.15, 0.2) is 5.79 Å². The Bertz CT molecular complexity index is 624. The van der Waals surface area contributed by atoms with Crippen molar-refractivity contribution in [3.8, 4) is 0 Å². The number of benzene rings is 1. The molecule has 1 aromatic carbocycles. The van der Waals surface area contributed by atoms with Crippen LogP contribution in [0, 0.1) is 17.7 Å². The predicted octanol–water partition coefficient (Wildman–Crippen LogP) is 3.75. The van der Waals surface area contributed by atoms with Gasteiger partial charge in [0, 0.05) is 19.3 Å². The van der Waals surface area contributed by atoms with E-state index in [1.54, 1.807) is 12.1 Å². The van der Waals surface area contributed by atoms with Crippen LogP contribution in [-0.2, 0) is 19.0 Å². The standard InChI is InChI=1S/C21H29FO5/c1-14(2)27-19(23)12-16-4-3-9-21(25-10-11-26-21)13-18(16)20(24)15-5-7-17(22)8-6-15/h5-8,14,16,18,20,24H,3-4,9-13H2,1-2H3. The van der Waals surface area contributed by atoms with E-state index in [4.69, 9.17) is 14.2 Å². The lowest BCUT2D eigenvalue weighted by Crippen LogP contribution is -2.35. The molecule has 0 aromatic heterocycles. The number of esters is 1. The van der Waals surface area contributed by atoms with E-state index in [0.717, 1.165) is 19.3 Å². The molecule has 1 saturated heterocycles. The van der Waals surface area contributed by atoms with Crippen molar-refractivity contribution in [2.45, 2.75) is 63.9 Å². The molecular weight excluding hydrogens is 351 g/mol. The maximum absolute atomic E-state index is 13.3. The normalized spacial score (nSPS) is 26.1. The molecule has 6 heteroatoms. The van der Waals surface area contributed by atoms with Gasteiger partial charge < -0.3 is 19.3 Å². The van der Waals surface area contributed by atoms with Crippen molar-refractivity contribution in [3.05, 3.63) is 35.6 Å². The van der Waals surface area contributed by atoms with Crippen LogP contribution in [-0.4, -0.2) is 36.2 Å². The quantitative estimate of drug-likeness (QED) is 0.788. The molecule has 1 saturated carbocycles. The van der Waals surface area contributed by atoms with Gasteiger partial charge in [0.05, 0.1) is 25.4 Å². The second-order valence-electron chi connectivity index (χ2n) is 7.87. The van der Waals surface area contributed by atoms with Crippen molar-refractivity contribution >= 4 is 5.97 Å². The summed E-state index contributed by atoms with van der Waals surface area (Å²) in [6.07, 6.45) is 2.14.